The Morgan fingerprint density at radius 2 is 2.09 bits per heavy atom. The predicted octanol–water partition coefficient (Wildman–Crippen LogP) is 4.04. The van der Waals surface area contributed by atoms with Crippen LogP contribution in [-0.4, -0.2) is 0 Å². The molecular weight excluding hydrogens is 156 g/mol. The first-order valence-corrected chi connectivity index (χ1v) is 4.26. The van der Waals surface area contributed by atoms with Crippen molar-refractivity contribution in [1.82, 2.24) is 0 Å². The zero-order chi connectivity index (χ0) is 8.69. The summed E-state index contributed by atoms with van der Waals surface area (Å²) >= 11 is 5.57. The second-order valence-electron chi connectivity index (χ2n) is 2.39. The van der Waals surface area contributed by atoms with Crippen LogP contribution in [0, 0.1) is 0 Å². The van der Waals surface area contributed by atoms with Gasteiger partial charge in [0, 0.05) is 5.03 Å². The van der Waals surface area contributed by atoms with Gasteiger partial charge in [0.15, 0.2) is 0 Å². The van der Waals surface area contributed by atoms with Crippen molar-refractivity contribution in [1.29, 1.82) is 0 Å². The Morgan fingerprint density at radius 3 is 2.45 bits per heavy atom. The van der Waals surface area contributed by atoms with Gasteiger partial charge in [-0.25, -0.2) is 0 Å². The van der Waals surface area contributed by atoms with E-state index < -0.39 is 0 Å². The maximum Gasteiger partial charge on any atom is 0.0334 e. The summed E-state index contributed by atoms with van der Waals surface area (Å²) in [5.74, 6) is 0. The summed E-state index contributed by atoms with van der Waals surface area (Å²) in [4.78, 5) is 0. The second-order valence-corrected chi connectivity index (χ2v) is 2.88. The summed E-state index contributed by atoms with van der Waals surface area (Å²) < 4.78 is 0. The Bertz CT molecular complexity index is 175. The lowest BCUT2D eigenvalue weighted by molar-refractivity contribution is 0.924. The molecule has 0 aliphatic carbocycles. The molecule has 0 fully saturated rings. The van der Waals surface area contributed by atoms with Crippen LogP contribution in [-0.2, 0) is 0 Å². The van der Waals surface area contributed by atoms with Crippen molar-refractivity contribution in [3.8, 4) is 0 Å². The van der Waals surface area contributed by atoms with E-state index >= 15 is 0 Å². The summed E-state index contributed by atoms with van der Waals surface area (Å²) in [6, 6.07) is 0. The van der Waals surface area contributed by atoms with Crippen LogP contribution in [0.4, 0.5) is 0 Å². The van der Waals surface area contributed by atoms with Gasteiger partial charge in [0.2, 0.25) is 0 Å². The van der Waals surface area contributed by atoms with Crippen LogP contribution in [0.1, 0.15) is 26.7 Å². The third kappa shape index (κ3) is 5.93. The average molecular weight is 171 g/mol. The van der Waals surface area contributed by atoms with Gasteiger partial charge < -0.3 is 0 Å². The highest BCUT2D eigenvalue weighted by atomic mass is 35.5. The molecule has 0 aliphatic heterocycles. The van der Waals surface area contributed by atoms with E-state index in [4.69, 9.17) is 11.6 Å². The molecule has 1 heteroatoms. The first kappa shape index (κ1) is 10.5. The lowest BCUT2D eigenvalue weighted by atomic mass is 10.1. The van der Waals surface area contributed by atoms with Gasteiger partial charge in [-0.3, -0.25) is 0 Å². The molecule has 0 nitrogen and oxygen atoms in total. The largest absolute Gasteiger partial charge is 0.0850 e. The number of halogens is 1. The van der Waals surface area contributed by atoms with Crippen LogP contribution < -0.4 is 0 Å². The quantitative estimate of drug-likeness (QED) is 0.559. The molecule has 0 bridgehead atoms. The topological polar surface area (TPSA) is 0 Å². The Kier molecular flexibility index (Phi) is 5.96. The van der Waals surface area contributed by atoms with E-state index in [1.54, 1.807) is 0 Å². The Morgan fingerprint density at radius 1 is 1.45 bits per heavy atom. The van der Waals surface area contributed by atoms with Crippen LogP contribution in [0.2, 0.25) is 0 Å². The van der Waals surface area contributed by atoms with Crippen molar-refractivity contribution < 1.29 is 0 Å². The maximum atomic E-state index is 5.57. The monoisotopic (exact) mass is 170 g/mol. The third-order valence-corrected chi connectivity index (χ3v) is 1.51. The fourth-order valence-electron chi connectivity index (χ4n) is 0.810. The molecule has 0 radical (unpaired) electrons. The lowest BCUT2D eigenvalue weighted by Crippen LogP contribution is -1.75. The molecule has 0 amide bonds. The van der Waals surface area contributed by atoms with Crippen LogP contribution in [0.15, 0.2) is 35.4 Å². The molecule has 62 valence electrons. The van der Waals surface area contributed by atoms with E-state index in [-0.39, 0.29) is 0 Å². The van der Waals surface area contributed by atoms with Crippen molar-refractivity contribution in [2.45, 2.75) is 26.7 Å². The van der Waals surface area contributed by atoms with Gasteiger partial charge in [-0.1, -0.05) is 49.2 Å². The molecule has 0 aromatic carbocycles. The molecule has 0 heterocycles. The summed E-state index contributed by atoms with van der Waals surface area (Å²) in [5, 5.41) is 0.584. The summed E-state index contributed by atoms with van der Waals surface area (Å²) in [6.07, 6.45) is 8.21. The molecule has 0 aliphatic rings. The van der Waals surface area contributed by atoms with Gasteiger partial charge in [0.05, 0.1) is 0 Å². The molecule has 0 rings (SSSR count). The van der Waals surface area contributed by atoms with E-state index in [2.05, 4.69) is 19.6 Å². The summed E-state index contributed by atoms with van der Waals surface area (Å²) in [6.45, 7) is 7.77. The number of allylic oxidation sites excluding steroid dienone is 5. The molecule has 0 aromatic rings. The molecule has 11 heavy (non-hydrogen) atoms. The van der Waals surface area contributed by atoms with E-state index in [1.807, 2.05) is 19.1 Å². The highest BCUT2D eigenvalue weighted by Crippen LogP contribution is 2.08. The fourth-order valence-corrected chi connectivity index (χ4v) is 0.873. The number of hydrogen-bond donors (Lipinski definition) is 0. The van der Waals surface area contributed by atoms with E-state index in [1.165, 1.54) is 12.0 Å². The van der Waals surface area contributed by atoms with Gasteiger partial charge in [0.25, 0.3) is 0 Å². The van der Waals surface area contributed by atoms with Gasteiger partial charge in [-0.2, -0.15) is 0 Å². The Hall–Kier alpha value is -0.490. The van der Waals surface area contributed by atoms with Crippen molar-refractivity contribution in [2.75, 3.05) is 0 Å². The van der Waals surface area contributed by atoms with E-state index in [9.17, 15) is 0 Å². The van der Waals surface area contributed by atoms with Crippen molar-refractivity contribution in [3.05, 3.63) is 35.4 Å². The summed E-state index contributed by atoms with van der Waals surface area (Å²) in [7, 11) is 0. The molecule has 0 N–H and O–H groups in total. The average Bonchev–Trinajstić information content (AvgIpc) is 1.97. The van der Waals surface area contributed by atoms with Crippen molar-refractivity contribution in [3.63, 3.8) is 0 Å². The molecule has 0 atom stereocenters. The predicted molar refractivity (Wildman–Crippen MR) is 52.8 cm³/mol. The Labute approximate surface area is 74.3 Å². The Balaban J connectivity index is 3.98. The molecular formula is C10H15Cl. The van der Waals surface area contributed by atoms with Crippen molar-refractivity contribution in [2.24, 2.45) is 0 Å². The first-order chi connectivity index (χ1) is 5.20. The second kappa shape index (κ2) is 6.23. The smallest absolute Gasteiger partial charge is 0.0334 e. The van der Waals surface area contributed by atoms with Crippen LogP contribution >= 0.6 is 11.6 Å². The highest BCUT2D eigenvalue weighted by Gasteiger charge is 1.87. The highest BCUT2D eigenvalue weighted by molar-refractivity contribution is 6.30. The number of hydrogen-bond acceptors (Lipinski definition) is 0. The maximum absolute atomic E-state index is 5.57. The van der Waals surface area contributed by atoms with Gasteiger partial charge in [-0.15, -0.1) is 0 Å². The SMILES string of the molecule is C=C(Cl)/C=C\C(=C/C)CCC. The van der Waals surface area contributed by atoms with Gasteiger partial charge >= 0.3 is 0 Å². The van der Waals surface area contributed by atoms with Crippen LogP contribution in [0.3, 0.4) is 0 Å². The standard InChI is InChI=1S/C10H15Cl/c1-4-6-10(5-2)8-7-9(3)11/h5,7-8H,3-4,6H2,1-2H3/b8-7-,10-5-. The molecule has 0 unspecified atom stereocenters. The van der Waals surface area contributed by atoms with Crippen molar-refractivity contribution >= 4 is 11.6 Å². The van der Waals surface area contributed by atoms with Crippen LogP contribution in [0.5, 0.6) is 0 Å². The zero-order valence-corrected chi connectivity index (χ0v) is 7.99. The normalized spacial score (nSPS) is 12.5. The van der Waals surface area contributed by atoms with Gasteiger partial charge in [-0.05, 0) is 19.4 Å². The minimum Gasteiger partial charge on any atom is -0.0850 e. The minimum absolute atomic E-state index is 0.584. The molecule has 0 aromatic heterocycles. The van der Waals surface area contributed by atoms with Crippen LogP contribution in [0.25, 0.3) is 0 Å². The molecule has 0 saturated carbocycles. The summed E-state index contributed by atoms with van der Waals surface area (Å²) in [5.41, 5.74) is 1.31. The lowest BCUT2D eigenvalue weighted by Gasteiger charge is -1.95. The minimum atomic E-state index is 0.584. The first-order valence-electron chi connectivity index (χ1n) is 3.88. The van der Waals surface area contributed by atoms with E-state index in [0.29, 0.717) is 5.03 Å². The third-order valence-electron chi connectivity index (χ3n) is 1.39. The zero-order valence-electron chi connectivity index (χ0n) is 7.23. The molecule has 0 spiro atoms. The van der Waals surface area contributed by atoms with E-state index in [0.717, 1.165) is 6.42 Å². The van der Waals surface area contributed by atoms with Gasteiger partial charge in [0.1, 0.15) is 0 Å². The molecule has 0 saturated heterocycles. The fraction of sp³-hybridized carbons (Fsp3) is 0.400. The number of rotatable bonds is 4.